The minimum Gasteiger partial charge on any atom is -0.0847 e. The van der Waals surface area contributed by atoms with Gasteiger partial charge in [0.25, 0.3) is 0 Å². The topological polar surface area (TPSA) is 0 Å². The third-order valence-corrected chi connectivity index (χ3v) is 1.23. The first kappa shape index (κ1) is 13.4. The highest BCUT2D eigenvalue weighted by molar-refractivity contribution is 6.31. The molecule has 1 rings (SSSR count). The molecular weight excluding hydrogens is 156 g/mol. The molecule has 66 valence electrons. The largest absolute Gasteiger partial charge is 0.0847 e. The lowest BCUT2D eigenvalue weighted by atomic mass is 10.2. The summed E-state index contributed by atoms with van der Waals surface area (Å²) in [6, 6.07) is 0. The molecule has 0 saturated carbocycles. The van der Waals surface area contributed by atoms with Gasteiger partial charge in [0.1, 0.15) is 0 Å². The fraction of sp³-hybridized carbons (Fsp3) is 0.600. The SMILES string of the molecule is CC.CC.ClC1=CCCC=C1. The first-order valence-corrected chi connectivity index (χ1v) is 4.79. The smallest absolute Gasteiger partial charge is 0.0363 e. The summed E-state index contributed by atoms with van der Waals surface area (Å²) in [6.07, 6.45) is 8.31. The fourth-order valence-electron chi connectivity index (χ4n) is 0.581. The summed E-state index contributed by atoms with van der Waals surface area (Å²) in [6.45, 7) is 8.00. The number of rotatable bonds is 0. The van der Waals surface area contributed by atoms with E-state index in [1.807, 2.05) is 39.8 Å². The van der Waals surface area contributed by atoms with Gasteiger partial charge >= 0.3 is 0 Å². The van der Waals surface area contributed by atoms with E-state index in [0.29, 0.717) is 0 Å². The van der Waals surface area contributed by atoms with E-state index in [9.17, 15) is 0 Å². The summed E-state index contributed by atoms with van der Waals surface area (Å²) in [4.78, 5) is 0. The van der Waals surface area contributed by atoms with Gasteiger partial charge in [-0.25, -0.2) is 0 Å². The summed E-state index contributed by atoms with van der Waals surface area (Å²) < 4.78 is 0. The van der Waals surface area contributed by atoms with Gasteiger partial charge in [-0.05, 0) is 18.9 Å². The van der Waals surface area contributed by atoms with Gasteiger partial charge in [0, 0.05) is 5.03 Å². The highest BCUT2D eigenvalue weighted by Gasteiger charge is 1.88. The predicted molar refractivity (Wildman–Crippen MR) is 55.0 cm³/mol. The number of allylic oxidation sites excluding steroid dienone is 4. The van der Waals surface area contributed by atoms with Crippen LogP contribution in [0, 0.1) is 0 Å². The van der Waals surface area contributed by atoms with Crippen molar-refractivity contribution >= 4 is 11.6 Å². The highest BCUT2D eigenvalue weighted by atomic mass is 35.5. The molecule has 0 amide bonds. The van der Waals surface area contributed by atoms with Crippen LogP contribution in [0.1, 0.15) is 40.5 Å². The molecule has 0 aliphatic heterocycles. The molecule has 0 heterocycles. The Balaban J connectivity index is 0. The van der Waals surface area contributed by atoms with E-state index < -0.39 is 0 Å². The van der Waals surface area contributed by atoms with E-state index in [1.165, 1.54) is 0 Å². The van der Waals surface area contributed by atoms with Gasteiger partial charge in [0.05, 0.1) is 0 Å². The zero-order valence-electron chi connectivity index (χ0n) is 8.02. The normalized spacial score (nSPS) is 13.4. The summed E-state index contributed by atoms with van der Waals surface area (Å²) in [5, 5.41) is 0.881. The average Bonchev–Trinajstić information content (AvgIpc) is 2.13. The molecule has 0 radical (unpaired) electrons. The van der Waals surface area contributed by atoms with Crippen LogP contribution in [0.5, 0.6) is 0 Å². The molecule has 0 fully saturated rings. The number of hydrogen-bond acceptors (Lipinski definition) is 0. The Morgan fingerprint density at radius 2 is 1.64 bits per heavy atom. The summed E-state index contributed by atoms with van der Waals surface area (Å²) in [7, 11) is 0. The molecule has 0 spiro atoms. The molecule has 0 aromatic carbocycles. The van der Waals surface area contributed by atoms with E-state index in [0.717, 1.165) is 17.9 Å². The molecule has 0 aromatic heterocycles. The molecule has 0 unspecified atom stereocenters. The Morgan fingerprint density at radius 1 is 1.09 bits per heavy atom. The van der Waals surface area contributed by atoms with Gasteiger partial charge < -0.3 is 0 Å². The zero-order chi connectivity index (χ0) is 9.11. The van der Waals surface area contributed by atoms with Crippen LogP contribution in [0.3, 0.4) is 0 Å². The van der Waals surface area contributed by atoms with Crippen LogP contribution in [-0.2, 0) is 0 Å². The predicted octanol–water partition coefficient (Wildman–Crippen LogP) is 4.51. The van der Waals surface area contributed by atoms with Crippen LogP contribution in [-0.4, -0.2) is 0 Å². The monoisotopic (exact) mass is 174 g/mol. The van der Waals surface area contributed by atoms with Crippen molar-refractivity contribution in [1.82, 2.24) is 0 Å². The minimum atomic E-state index is 0.881. The summed E-state index contributed by atoms with van der Waals surface area (Å²) in [5.74, 6) is 0. The quantitative estimate of drug-likeness (QED) is 0.507. The fourth-order valence-corrected chi connectivity index (χ4v) is 0.780. The average molecular weight is 175 g/mol. The first-order valence-electron chi connectivity index (χ1n) is 4.42. The van der Waals surface area contributed by atoms with Crippen LogP contribution in [0.15, 0.2) is 23.3 Å². The molecule has 0 nitrogen and oxygen atoms in total. The maximum atomic E-state index is 5.59. The second-order valence-corrected chi connectivity index (χ2v) is 2.01. The van der Waals surface area contributed by atoms with Crippen LogP contribution in [0.25, 0.3) is 0 Å². The van der Waals surface area contributed by atoms with Crippen molar-refractivity contribution in [3.05, 3.63) is 23.3 Å². The molecule has 11 heavy (non-hydrogen) atoms. The molecule has 0 atom stereocenters. The van der Waals surface area contributed by atoms with E-state index in [2.05, 4.69) is 6.08 Å². The molecular formula is C10H19Cl. The van der Waals surface area contributed by atoms with Gasteiger partial charge in [0.15, 0.2) is 0 Å². The van der Waals surface area contributed by atoms with Gasteiger partial charge in [-0.2, -0.15) is 0 Å². The molecule has 1 aliphatic rings. The van der Waals surface area contributed by atoms with Gasteiger partial charge in [-0.15, -0.1) is 0 Å². The second-order valence-electron chi connectivity index (χ2n) is 1.57. The first-order chi connectivity index (χ1) is 5.39. The van der Waals surface area contributed by atoms with Gasteiger partial charge in [-0.1, -0.05) is 51.4 Å². The summed E-state index contributed by atoms with van der Waals surface area (Å²) in [5.41, 5.74) is 0. The van der Waals surface area contributed by atoms with Crippen molar-refractivity contribution < 1.29 is 0 Å². The molecule has 0 bridgehead atoms. The maximum absolute atomic E-state index is 5.59. The number of hydrogen-bond donors (Lipinski definition) is 0. The van der Waals surface area contributed by atoms with Crippen molar-refractivity contribution in [2.75, 3.05) is 0 Å². The van der Waals surface area contributed by atoms with Crippen LogP contribution >= 0.6 is 11.6 Å². The molecule has 0 aromatic rings. The van der Waals surface area contributed by atoms with E-state index >= 15 is 0 Å². The standard InChI is InChI=1S/C6H7Cl.2C2H6/c7-6-4-2-1-3-5-6;2*1-2/h2,4-5H,1,3H2;2*1-2H3. The molecule has 0 N–H and O–H groups in total. The maximum Gasteiger partial charge on any atom is 0.0363 e. The molecule has 1 heteroatoms. The second kappa shape index (κ2) is 12.4. The van der Waals surface area contributed by atoms with Crippen molar-refractivity contribution in [3.8, 4) is 0 Å². The van der Waals surface area contributed by atoms with Crippen molar-refractivity contribution in [2.45, 2.75) is 40.5 Å². The minimum absolute atomic E-state index is 0.881. The Hall–Kier alpha value is -0.230. The van der Waals surface area contributed by atoms with E-state index in [-0.39, 0.29) is 0 Å². The summed E-state index contributed by atoms with van der Waals surface area (Å²) >= 11 is 5.59. The Labute approximate surface area is 76.0 Å². The van der Waals surface area contributed by atoms with Crippen LogP contribution < -0.4 is 0 Å². The lowest BCUT2D eigenvalue weighted by molar-refractivity contribution is 1.03. The van der Waals surface area contributed by atoms with Crippen LogP contribution in [0.4, 0.5) is 0 Å². The lowest BCUT2D eigenvalue weighted by Crippen LogP contribution is -1.73. The van der Waals surface area contributed by atoms with E-state index in [1.54, 1.807) is 0 Å². The molecule has 0 saturated heterocycles. The third kappa shape index (κ3) is 9.77. The van der Waals surface area contributed by atoms with Crippen molar-refractivity contribution in [2.24, 2.45) is 0 Å². The van der Waals surface area contributed by atoms with Crippen molar-refractivity contribution in [1.29, 1.82) is 0 Å². The Morgan fingerprint density at radius 3 is 1.82 bits per heavy atom. The van der Waals surface area contributed by atoms with Crippen LogP contribution in [0.2, 0.25) is 0 Å². The van der Waals surface area contributed by atoms with Gasteiger partial charge in [-0.3, -0.25) is 0 Å². The van der Waals surface area contributed by atoms with E-state index in [4.69, 9.17) is 11.6 Å². The third-order valence-electron chi connectivity index (χ3n) is 0.950. The lowest BCUT2D eigenvalue weighted by Gasteiger charge is -1.94. The van der Waals surface area contributed by atoms with Gasteiger partial charge in [0.2, 0.25) is 0 Å². The van der Waals surface area contributed by atoms with Crippen molar-refractivity contribution in [3.63, 3.8) is 0 Å². The molecule has 1 aliphatic carbocycles. The number of halogens is 1. The Bertz CT molecular complexity index is 112. The highest BCUT2D eigenvalue weighted by Crippen LogP contribution is 2.11. The zero-order valence-corrected chi connectivity index (χ0v) is 8.78. The Kier molecular flexibility index (Phi) is 15.1.